The summed E-state index contributed by atoms with van der Waals surface area (Å²) in [5.74, 6) is 1.73. The number of aryl methyl sites for hydroxylation is 1. The van der Waals surface area contributed by atoms with Crippen molar-refractivity contribution in [3.05, 3.63) is 48.0 Å². The van der Waals surface area contributed by atoms with Crippen LogP contribution in [-0.2, 0) is 16.6 Å². The Kier molecular flexibility index (Phi) is 7.43. The third kappa shape index (κ3) is 6.24. The molecule has 1 unspecified atom stereocenters. The smallest absolute Gasteiger partial charge is 0.410 e. The summed E-state index contributed by atoms with van der Waals surface area (Å²) in [5.41, 5.74) is 0.433. The zero-order valence-electron chi connectivity index (χ0n) is 19.6. The molecule has 0 saturated carbocycles. The van der Waals surface area contributed by atoms with E-state index in [1.807, 2.05) is 62.8 Å². The van der Waals surface area contributed by atoms with Crippen molar-refractivity contribution in [1.29, 1.82) is 0 Å². The molecule has 0 bridgehead atoms. The number of hydrogen-bond donors (Lipinski definition) is 1. The molecule has 2 amide bonds. The van der Waals surface area contributed by atoms with Gasteiger partial charge >= 0.3 is 6.09 Å². The van der Waals surface area contributed by atoms with Gasteiger partial charge in [0.2, 0.25) is 5.91 Å². The number of ether oxygens (including phenoxy) is 2. The molecule has 1 atom stereocenters. The number of nitrogens with one attached hydrogen (secondary N) is 1. The summed E-state index contributed by atoms with van der Waals surface area (Å²) in [4.78, 5) is 31.4. The first-order chi connectivity index (χ1) is 15.2. The van der Waals surface area contributed by atoms with Gasteiger partial charge in [0, 0.05) is 39.0 Å². The van der Waals surface area contributed by atoms with Gasteiger partial charge in [-0.2, -0.15) is 0 Å². The van der Waals surface area contributed by atoms with Crippen molar-refractivity contribution < 1.29 is 19.1 Å². The molecule has 2 aromatic rings. The van der Waals surface area contributed by atoms with E-state index in [9.17, 15) is 9.59 Å². The molecular formula is C24H34N4O4. The van der Waals surface area contributed by atoms with Crippen molar-refractivity contribution in [3.63, 3.8) is 0 Å². The first kappa shape index (κ1) is 23.6. The molecule has 1 saturated heterocycles. The van der Waals surface area contributed by atoms with Crippen molar-refractivity contribution in [1.82, 2.24) is 19.8 Å². The van der Waals surface area contributed by atoms with Crippen LogP contribution in [0.5, 0.6) is 5.75 Å². The standard InChI is InChI=1S/C24H34N4O4/c1-24(2,3)32-23(30)28-13-10-17(11-14-28)16-20(29)26-21(22-25-12-15-27(22)4)18-6-8-19(31-5)9-7-18/h6-9,12,15,17,21H,10-11,13-14,16H2,1-5H3,(H,26,29). The van der Waals surface area contributed by atoms with Crippen LogP contribution in [0.3, 0.4) is 0 Å². The molecule has 8 heteroatoms. The van der Waals surface area contributed by atoms with Crippen LogP contribution in [0.25, 0.3) is 0 Å². The molecule has 2 heterocycles. The molecule has 8 nitrogen and oxygen atoms in total. The lowest BCUT2D eigenvalue weighted by atomic mass is 9.93. The molecule has 1 aliphatic rings. The number of rotatable bonds is 6. The molecule has 0 radical (unpaired) electrons. The van der Waals surface area contributed by atoms with E-state index >= 15 is 0 Å². The van der Waals surface area contributed by atoms with E-state index in [4.69, 9.17) is 9.47 Å². The predicted octanol–water partition coefficient (Wildman–Crippen LogP) is 3.67. The third-order valence-corrected chi connectivity index (χ3v) is 5.61. The van der Waals surface area contributed by atoms with Crippen LogP contribution < -0.4 is 10.1 Å². The van der Waals surface area contributed by atoms with Gasteiger partial charge in [-0.05, 0) is 57.2 Å². The second kappa shape index (κ2) is 10.1. The molecule has 0 spiro atoms. The van der Waals surface area contributed by atoms with Gasteiger partial charge < -0.3 is 24.3 Å². The van der Waals surface area contributed by atoms with Crippen molar-refractivity contribution in [2.24, 2.45) is 13.0 Å². The largest absolute Gasteiger partial charge is 0.497 e. The number of hydrogen-bond acceptors (Lipinski definition) is 5. The molecule has 3 rings (SSSR count). The fraction of sp³-hybridized carbons (Fsp3) is 0.542. The quantitative estimate of drug-likeness (QED) is 0.738. The summed E-state index contributed by atoms with van der Waals surface area (Å²) < 4.78 is 12.6. The first-order valence-electron chi connectivity index (χ1n) is 11.0. The summed E-state index contributed by atoms with van der Waals surface area (Å²) in [6.45, 7) is 6.80. The zero-order valence-corrected chi connectivity index (χ0v) is 19.6. The summed E-state index contributed by atoms with van der Waals surface area (Å²) in [6, 6.07) is 7.29. The molecule has 1 fully saturated rings. The molecular weight excluding hydrogens is 408 g/mol. The van der Waals surface area contributed by atoms with Crippen LogP contribution in [-0.4, -0.2) is 52.3 Å². The predicted molar refractivity (Wildman–Crippen MR) is 121 cm³/mol. The van der Waals surface area contributed by atoms with E-state index in [0.29, 0.717) is 19.5 Å². The van der Waals surface area contributed by atoms with Crippen LogP contribution in [0.15, 0.2) is 36.7 Å². The number of methoxy groups -OCH3 is 1. The van der Waals surface area contributed by atoms with Gasteiger partial charge in [0.15, 0.2) is 0 Å². The fourth-order valence-corrected chi connectivity index (χ4v) is 3.88. The maximum atomic E-state index is 12.9. The van der Waals surface area contributed by atoms with Crippen molar-refractivity contribution >= 4 is 12.0 Å². The molecule has 32 heavy (non-hydrogen) atoms. The minimum Gasteiger partial charge on any atom is -0.497 e. The average Bonchev–Trinajstić information content (AvgIpc) is 3.17. The van der Waals surface area contributed by atoms with E-state index in [1.165, 1.54) is 0 Å². The highest BCUT2D eigenvalue weighted by Crippen LogP contribution is 2.26. The topological polar surface area (TPSA) is 85.7 Å². The molecule has 0 aliphatic carbocycles. The lowest BCUT2D eigenvalue weighted by Gasteiger charge is -2.33. The Morgan fingerprint density at radius 1 is 1.19 bits per heavy atom. The van der Waals surface area contributed by atoms with E-state index in [-0.39, 0.29) is 24.0 Å². The Morgan fingerprint density at radius 3 is 2.38 bits per heavy atom. The number of carbonyl (C=O) groups is 2. The third-order valence-electron chi connectivity index (χ3n) is 5.61. The van der Waals surface area contributed by atoms with Crippen molar-refractivity contribution in [2.45, 2.75) is 51.7 Å². The van der Waals surface area contributed by atoms with Gasteiger partial charge in [-0.3, -0.25) is 4.79 Å². The lowest BCUT2D eigenvalue weighted by molar-refractivity contribution is -0.122. The zero-order chi connectivity index (χ0) is 23.3. The maximum Gasteiger partial charge on any atom is 0.410 e. The van der Waals surface area contributed by atoms with Gasteiger partial charge in [-0.25, -0.2) is 9.78 Å². The molecule has 1 aromatic carbocycles. The second-order valence-electron chi connectivity index (χ2n) is 9.28. The molecule has 1 N–H and O–H groups in total. The van der Waals surface area contributed by atoms with Gasteiger partial charge in [0.25, 0.3) is 0 Å². The van der Waals surface area contributed by atoms with Crippen LogP contribution in [0.2, 0.25) is 0 Å². The monoisotopic (exact) mass is 442 g/mol. The molecule has 1 aliphatic heterocycles. The number of benzene rings is 1. The van der Waals surface area contributed by atoms with Crippen molar-refractivity contribution in [3.8, 4) is 5.75 Å². The van der Waals surface area contributed by atoms with E-state index in [1.54, 1.807) is 18.2 Å². The van der Waals surface area contributed by atoms with Crippen LogP contribution >= 0.6 is 0 Å². The van der Waals surface area contributed by atoms with Crippen molar-refractivity contribution in [2.75, 3.05) is 20.2 Å². The molecule has 174 valence electrons. The average molecular weight is 443 g/mol. The Bertz CT molecular complexity index is 909. The van der Waals surface area contributed by atoms with Crippen LogP contribution in [0.1, 0.15) is 57.5 Å². The summed E-state index contributed by atoms with van der Waals surface area (Å²) >= 11 is 0. The number of imidazole rings is 1. The molecule has 1 aromatic heterocycles. The minimum absolute atomic E-state index is 0.0236. The number of carbonyl (C=O) groups excluding carboxylic acids is 2. The highest BCUT2D eigenvalue weighted by molar-refractivity contribution is 5.77. The summed E-state index contributed by atoms with van der Waals surface area (Å²) in [7, 11) is 3.54. The van der Waals surface area contributed by atoms with Gasteiger partial charge in [-0.15, -0.1) is 0 Å². The van der Waals surface area contributed by atoms with Gasteiger partial charge in [0.05, 0.1) is 7.11 Å². The Morgan fingerprint density at radius 2 is 1.84 bits per heavy atom. The lowest BCUT2D eigenvalue weighted by Crippen LogP contribution is -2.42. The van der Waals surface area contributed by atoms with E-state index in [0.717, 1.165) is 30.0 Å². The van der Waals surface area contributed by atoms with Crippen LogP contribution in [0, 0.1) is 5.92 Å². The normalized spacial score (nSPS) is 15.8. The number of nitrogens with zero attached hydrogens (tertiary/aromatic N) is 3. The SMILES string of the molecule is COc1ccc(C(NC(=O)CC2CCN(C(=O)OC(C)(C)C)CC2)c2nccn2C)cc1. The van der Waals surface area contributed by atoms with Crippen LogP contribution in [0.4, 0.5) is 4.79 Å². The van der Waals surface area contributed by atoms with Gasteiger partial charge in [-0.1, -0.05) is 12.1 Å². The summed E-state index contributed by atoms with van der Waals surface area (Å²) in [6.07, 6.45) is 5.29. The highest BCUT2D eigenvalue weighted by Gasteiger charge is 2.29. The Hall–Kier alpha value is -3.03. The Labute approximate surface area is 189 Å². The maximum absolute atomic E-state index is 12.9. The number of aromatic nitrogens is 2. The Balaban J connectivity index is 1.60. The second-order valence-corrected chi connectivity index (χ2v) is 9.28. The first-order valence-corrected chi connectivity index (χ1v) is 11.0. The van der Waals surface area contributed by atoms with E-state index in [2.05, 4.69) is 10.3 Å². The van der Waals surface area contributed by atoms with E-state index < -0.39 is 5.60 Å². The van der Waals surface area contributed by atoms with Gasteiger partial charge in [0.1, 0.15) is 23.2 Å². The fourth-order valence-electron chi connectivity index (χ4n) is 3.88. The highest BCUT2D eigenvalue weighted by atomic mass is 16.6. The minimum atomic E-state index is -0.505. The number of piperidine rings is 1. The number of amides is 2. The summed E-state index contributed by atoms with van der Waals surface area (Å²) in [5, 5.41) is 3.16. The number of likely N-dealkylation sites (tertiary alicyclic amines) is 1.